The molecule has 1 amide bonds. The number of halogens is 3. The highest BCUT2D eigenvalue weighted by Crippen LogP contribution is 2.21. The van der Waals surface area contributed by atoms with Crippen molar-refractivity contribution < 1.29 is 18.0 Å². The number of nitrogens with two attached hydrogens (primary N) is 1. The molecule has 0 aliphatic carbocycles. The van der Waals surface area contributed by atoms with E-state index in [-0.39, 0.29) is 0 Å². The zero-order valence-corrected chi connectivity index (χ0v) is 9.27. The molecule has 0 radical (unpaired) electrons. The molecule has 3 nitrogen and oxygen atoms in total. The third-order valence-electron chi connectivity index (χ3n) is 2.30. The first-order valence-corrected chi connectivity index (χ1v) is 5.11. The standard InChI is InChI=1S/C11H13F3N2O/c1-6(2-3-15)11(17)16-10-8(13)4-7(12)5-9(10)14/h4-6H,2-3,15H2,1H3,(H,16,17). The van der Waals surface area contributed by atoms with E-state index in [0.29, 0.717) is 25.1 Å². The number of amides is 1. The van der Waals surface area contributed by atoms with Crippen molar-refractivity contribution in [1.29, 1.82) is 0 Å². The number of benzene rings is 1. The highest BCUT2D eigenvalue weighted by molar-refractivity contribution is 5.92. The molecule has 1 atom stereocenters. The van der Waals surface area contributed by atoms with Crippen molar-refractivity contribution in [2.45, 2.75) is 13.3 Å². The average Bonchev–Trinajstić information content (AvgIpc) is 2.23. The Morgan fingerprint density at radius 2 is 1.88 bits per heavy atom. The van der Waals surface area contributed by atoms with Gasteiger partial charge in [-0.25, -0.2) is 13.2 Å². The molecule has 0 fully saturated rings. The van der Waals surface area contributed by atoms with Gasteiger partial charge in [-0.15, -0.1) is 0 Å². The SMILES string of the molecule is CC(CCN)C(=O)Nc1c(F)cc(F)cc1F. The van der Waals surface area contributed by atoms with Crippen LogP contribution in [0.5, 0.6) is 0 Å². The minimum Gasteiger partial charge on any atom is -0.330 e. The van der Waals surface area contributed by atoms with E-state index in [1.807, 2.05) is 0 Å². The molecule has 0 aromatic heterocycles. The summed E-state index contributed by atoms with van der Waals surface area (Å²) in [7, 11) is 0. The molecule has 1 aromatic rings. The van der Waals surface area contributed by atoms with Crippen molar-refractivity contribution in [3.8, 4) is 0 Å². The molecule has 1 rings (SSSR count). The minimum atomic E-state index is -1.14. The first-order valence-electron chi connectivity index (χ1n) is 5.11. The van der Waals surface area contributed by atoms with Crippen molar-refractivity contribution in [2.24, 2.45) is 11.7 Å². The highest BCUT2D eigenvalue weighted by atomic mass is 19.1. The topological polar surface area (TPSA) is 55.1 Å². The Morgan fingerprint density at radius 3 is 2.35 bits per heavy atom. The number of rotatable bonds is 4. The predicted octanol–water partition coefficient (Wildman–Crippen LogP) is 2.03. The van der Waals surface area contributed by atoms with Crippen LogP contribution in [0.15, 0.2) is 12.1 Å². The monoisotopic (exact) mass is 246 g/mol. The van der Waals surface area contributed by atoms with E-state index in [0.717, 1.165) is 0 Å². The summed E-state index contributed by atoms with van der Waals surface area (Å²) in [6.45, 7) is 1.88. The summed E-state index contributed by atoms with van der Waals surface area (Å²) in [5.41, 5.74) is 4.62. The molecular weight excluding hydrogens is 233 g/mol. The van der Waals surface area contributed by atoms with E-state index >= 15 is 0 Å². The van der Waals surface area contributed by atoms with Gasteiger partial charge in [0.15, 0.2) is 11.6 Å². The largest absolute Gasteiger partial charge is 0.330 e. The lowest BCUT2D eigenvalue weighted by molar-refractivity contribution is -0.119. The van der Waals surface area contributed by atoms with Gasteiger partial charge in [-0.05, 0) is 13.0 Å². The van der Waals surface area contributed by atoms with Crippen molar-refractivity contribution in [3.63, 3.8) is 0 Å². The Labute approximate surface area is 96.8 Å². The van der Waals surface area contributed by atoms with Crippen LogP contribution in [0.25, 0.3) is 0 Å². The second kappa shape index (κ2) is 5.67. The number of carbonyl (C=O) groups is 1. The Bertz CT molecular complexity index is 400. The van der Waals surface area contributed by atoms with Crippen molar-refractivity contribution in [3.05, 3.63) is 29.6 Å². The van der Waals surface area contributed by atoms with Crippen LogP contribution in [0.2, 0.25) is 0 Å². The molecule has 0 spiro atoms. The molecule has 1 unspecified atom stereocenters. The molecule has 0 aliphatic rings. The second-order valence-corrected chi connectivity index (χ2v) is 3.71. The second-order valence-electron chi connectivity index (χ2n) is 3.71. The normalized spacial score (nSPS) is 12.3. The average molecular weight is 246 g/mol. The molecule has 17 heavy (non-hydrogen) atoms. The lowest BCUT2D eigenvalue weighted by Gasteiger charge is -2.12. The fraction of sp³-hybridized carbons (Fsp3) is 0.364. The third-order valence-corrected chi connectivity index (χ3v) is 2.30. The minimum absolute atomic E-state index is 0.295. The van der Waals surface area contributed by atoms with Crippen LogP contribution in [0.1, 0.15) is 13.3 Å². The summed E-state index contributed by atoms with van der Waals surface area (Å²) < 4.78 is 39.0. The summed E-state index contributed by atoms with van der Waals surface area (Å²) in [6.07, 6.45) is 0.399. The lowest BCUT2D eigenvalue weighted by Crippen LogP contribution is -2.23. The first kappa shape index (κ1) is 13.5. The molecule has 0 saturated heterocycles. The number of nitrogens with one attached hydrogen (secondary N) is 1. The van der Waals surface area contributed by atoms with Gasteiger partial charge < -0.3 is 11.1 Å². The molecule has 0 heterocycles. The molecule has 94 valence electrons. The van der Waals surface area contributed by atoms with Crippen molar-refractivity contribution >= 4 is 11.6 Å². The van der Waals surface area contributed by atoms with Crippen LogP contribution >= 0.6 is 0 Å². The Morgan fingerprint density at radius 1 is 1.35 bits per heavy atom. The van der Waals surface area contributed by atoms with Gasteiger partial charge in [-0.1, -0.05) is 6.92 Å². The van der Waals surface area contributed by atoms with Gasteiger partial charge in [0.1, 0.15) is 11.5 Å². The molecule has 0 saturated carbocycles. The van der Waals surface area contributed by atoms with E-state index in [1.54, 1.807) is 6.92 Å². The predicted molar refractivity (Wildman–Crippen MR) is 57.8 cm³/mol. The van der Waals surface area contributed by atoms with Gasteiger partial charge in [-0.3, -0.25) is 4.79 Å². The number of carbonyl (C=O) groups excluding carboxylic acids is 1. The van der Waals surface area contributed by atoms with Crippen LogP contribution in [0.4, 0.5) is 18.9 Å². The van der Waals surface area contributed by atoms with Gasteiger partial charge in [0.05, 0.1) is 0 Å². The van der Waals surface area contributed by atoms with Crippen molar-refractivity contribution in [1.82, 2.24) is 0 Å². The molecule has 3 N–H and O–H groups in total. The van der Waals surface area contributed by atoms with E-state index in [9.17, 15) is 18.0 Å². The molecule has 6 heteroatoms. The fourth-order valence-corrected chi connectivity index (χ4v) is 1.29. The van der Waals surface area contributed by atoms with Crippen LogP contribution < -0.4 is 11.1 Å². The maximum atomic E-state index is 13.2. The maximum Gasteiger partial charge on any atom is 0.227 e. The maximum absolute atomic E-state index is 13.2. The van der Waals surface area contributed by atoms with E-state index in [4.69, 9.17) is 5.73 Å². The fourth-order valence-electron chi connectivity index (χ4n) is 1.29. The van der Waals surface area contributed by atoms with Crippen LogP contribution in [-0.2, 0) is 4.79 Å². The zero-order valence-electron chi connectivity index (χ0n) is 9.27. The summed E-state index contributed by atoms with van der Waals surface area (Å²) in [4.78, 5) is 11.5. The Balaban J connectivity index is 2.85. The van der Waals surface area contributed by atoms with Crippen LogP contribution in [0, 0.1) is 23.4 Å². The Hall–Kier alpha value is -1.56. The lowest BCUT2D eigenvalue weighted by atomic mass is 10.1. The molecular formula is C11H13F3N2O. The smallest absolute Gasteiger partial charge is 0.227 e. The number of hydrogen-bond acceptors (Lipinski definition) is 2. The summed E-state index contributed by atoms with van der Waals surface area (Å²) in [5.74, 6) is -4.34. The number of hydrogen-bond donors (Lipinski definition) is 2. The number of anilines is 1. The van der Waals surface area contributed by atoms with Gasteiger partial charge in [0, 0.05) is 18.1 Å². The van der Waals surface area contributed by atoms with E-state index in [1.165, 1.54) is 0 Å². The highest BCUT2D eigenvalue weighted by Gasteiger charge is 2.17. The van der Waals surface area contributed by atoms with Crippen molar-refractivity contribution in [2.75, 3.05) is 11.9 Å². The van der Waals surface area contributed by atoms with E-state index in [2.05, 4.69) is 5.32 Å². The van der Waals surface area contributed by atoms with Crippen LogP contribution in [0.3, 0.4) is 0 Å². The van der Waals surface area contributed by atoms with Gasteiger partial charge in [0.25, 0.3) is 0 Å². The first-order chi connectivity index (χ1) is 7.95. The summed E-state index contributed by atoms with van der Waals surface area (Å²) in [5, 5.41) is 2.08. The van der Waals surface area contributed by atoms with Gasteiger partial charge in [0.2, 0.25) is 5.91 Å². The third kappa shape index (κ3) is 3.45. The van der Waals surface area contributed by atoms with Gasteiger partial charge in [-0.2, -0.15) is 0 Å². The summed E-state index contributed by atoms with van der Waals surface area (Å²) >= 11 is 0. The van der Waals surface area contributed by atoms with E-state index < -0.39 is 35.0 Å². The molecule has 0 aliphatic heterocycles. The molecule has 1 aromatic carbocycles. The van der Waals surface area contributed by atoms with Crippen LogP contribution in [-0.4, -0.2) is 12.5 Å². The Kier molecular flexibility index (Phi) is 4.51. The summed E-state index contributed by atoms with van der Waals surface area (Å²) in [6, 6.07) is 1.01. The molecule has 0 bridgehead atoms. The van der Waals surface area contributed by atoms with Gasteiger partial charge >= 0.3 is 0 Å². The zero-order chi connectivity index (χ0) is 13.0. The quantitative estimate of drug-likeness (QED) is 0.854.